The first kappa shape index (κ1) is 15.6. The molecule has 0 radical (unpaired) electrons. The van der Waals surface area contributed by atoms with E-state index < -0.39 is 0 Å². The second-order valence-corrected chi connectivity index (χ2v) is 6.64. The molecule has 124 valence electrons. The van der Waals surface area contributed by atoms with Gasteiger partial charge in [0.15, 0.2) is 0 Å². The Hall–Kier alpha value is -2.93. The van der Waals surface area contributed by atoms with Crippen LogP contribution in [-0.4, -0.2) is 24.5 Å². The van der Waals surface area contributed by atoms with Crippen LogP contribution in [0.1, 0.15) is 5.69 Å². The number of fused-ring (bicyclic) bond motifs is 1. The van der Waals surface area contributed by atoms with Crippen LogP contribution in [0.25, 0.3) is 16.6 Å². The number of hydrogen-bond acceptors (Lipinski definition) is 5. The SMILES string of the molecule is Cn1cc(-n2ccc(=O)c(CSc3ccc4ncccc4c3)n2)cn1. The maximum Gasteiger partial charge on any atom is 0.204 e. The third-order valence-electron chi connectivity index (χ3n) is 3.79. The fourth-order valence-electron chi connectivity index (χ4n) is 2.51. The molecule has 4 rings (SSSR count). The number of rotatable bonds is 4. The van der Waals surface area contributed by atoms with Crippen LogP contribution >= 0.6 is 11.8 Å². The third-order valence-corrected chi connectivity index (χ3v) is 4.79. The average molecular weight is 349 g/mol. The minimum absolute atomic E-state index is 0.0601. The largest absolute Gasteiger partial charge is 0.288 e. The van der Waals surface area contributed by atoms with Gasteiger partial charge in [-0.25, -0.2) is 4.68 Å². The maximum absolute atomic E-state index is 12.1. The Balaban J connectivity index is 1.58. The molecule has 7 heteroatoms. The summed E-state index contributed by atoms with van der Waals surface area (Å²) in [6, 6.07) is 11.6. The molecule has 25 heavy (non-hydrogen) atoms. The molecule has 6 nitrogen and oxygen atoms in total. The fraction of sp³-hybridized carbons (Fsp3) is 0.111. The Kier molecular flexibility index (Phi) is 4.07. The summed E-state index contributed by atoms with van der Waals surface area (Å²) in [6.45, 7) is 0. The number of aromatic nitrogens is 5. The van der Waals surface area contributed by atoms with Gasteiger partial charge in [-0.05, 0) is 24.3 Å². The van der Waals surface area contributed by atoms with Gasteiger partial charge in [-0.3, -0.25) is 14.5 Å². The fourth-order valence-corrected chi connectivity index (χ4v) is 3.39. The third kappa shape index (κ3) is 3.32. The Bertz CT molecular complexity index is 1100. The first-order valence-corrected chi connectivity index (χ1v) is 8.73. The molecular formula is C18H15N5OS. The summed E-state index contributed by atoms with van der Waals surface area (Å²) in [7, 11) is 1.84. The zero-order valence-corrected chi connectivity index (χ0v) is 14.3. The number of benzene rings is 1. The van der Waals surface area contributed by atoms with Gasteiger partial charge in [0.05, 0.1) is 17.9 Å². The molecule has 4 aromatic rings. The van der Waals surface area contributed by atoms with E-state index in [1.807, 2.05) is 37.5 Å². The molecule has 0 N–H and O–H groups in total. The monoisotopic (exact) mass is 349 g/mol. The van der Waals surface area contributed by atoms with Crippen LogP contribution in [0.4, 0.5) is 0 Å². The van der Waals surface area contributed by atoms with Crippen LogP contribution < -0.4 is 5.43 Å². The second kappa shape index (κ2) is 6.52. The van der Waals surface area contributed by atoms with Gasteiger partial charge in [0.25, 0.3) is 0 Å². The number of thioether (sulfide) groups is 1. The van der Waals surface area contributed by atoms with Crippen LogP contribution in [0, 0.1) is 0 Å². The molecule has 3 heterocycles. The van der Waals surface area contributed by atoms with Crippen molar-refractivity contribution in [3.05, 3.63) is 77.1 Å². The number of hydrogen-bond donors (Lipinski definition) is 0. The highest BCUT2D eigenvalue weighted by Crippen LogP contribution is 2.24. The first-order valence-electron chi connectivity index (χ1n) is 7.74. The van der Waals surface area contributed by atoms with E-state index >= 15 is 0 Å². The predicted molar refractivity (Wildman–Crippen MR) is 97.9 cm³/mol. The van der Waals surface area contributed by atoms with Crippen LogP contribution in [0.15, 0.2) is 70.9 Å². The molecule has 3 aromatic heterocycles. The van der Waals surface area contributed by atoms with Gasteiger partial charge < -0.3 is 0 Å². The Labute approximate surface area is 148 Å². The molecule has 0 aliphatic carbocycles. The van der Waals surface area contributed by atoms with Crippen LogP contribution in [0.2, 0.25) is 0 Å². The topological polar surface area (TPSA) is 65.6 Å². The molecule has 0 atom stereocenters. The van der Waals surface area contributed by atoms with E-state index in [-0.39, 0.29) is 5.43 Å². The van der Waals surface area contributed by atoms with Crippen molar-refractivity contribution in [2.24, 2.45) is 7.05 Å². The quantitative estimate of drug-likeness (QED) is 0.530. The molecular weight excluding hydrogens is 334 g/mol. The lowest BCUT2D eigenvalue weighted by Gasteiger charge is -2.06. The minimum Gasteiger partial charge on any atom is -0.288 e. The Morgan fingerprint density at radius 3 is 2.96 bits per heavy atom. The maximum atomic E-state index is 12.1. The molecule has 0 bridgehead atoms. The van der Waals surface area contributed by atoms with Gasteiger partial charge in [0.1, 0.15) is 11.4 Å². The lowest BCUT2D eigenvalue weighted by Crippen LogP contribution is -2.14. The highest BCUT2D eigenvalue weighted by molar-refractivity contribution is 7.98. The molecule has 0 aliphatic heterocycles. The van der Waals surface area contributed by atoms with Crippen molar-refractivity contribution >= 4 is 22.7 Å². The van der Waals surface area contributed by atoms with Gasteiger partial charge in [0.2, 0.25) is 5.43 Å². The van der Waals surface area contributed by atoms with Crippen molar-refractivity contribution in [2.45, 2.75) is 10.6 Å². The minimum atomic E-state index is -0.0601. The first-order chi connectivity index (χ1) is 12.2. The second-order valence-electron chi connectivity index (χ2n) is 5.59. The van der Waals surface area contributed by atoms with Crippen molar-refractivity contribution in [1.82, 2.24) is 24.5 Å². The summed E-state index contributed by atoms with van der Waals surface area (Å²) in [4.78, 5) is 17.5. The van der Waals surface area contributed by atoms with Crippen LogP contribution in [0.3, 0.4) is 0 Å². The highest BCUT2D eigenvalue weighted by atomic mass is 32.2. The smallest absolute Gasteiger partial charge is 0.204 e. The molecule has 0 spiro atoms. The van der Waals surface area contributed by atoms with E-state index in [0.717, 1.165) is 21.5 Å². The number of pyridine rings is 1. The van der Waals surface area contributed by atoms with E-state index in [1.54, 1.807) is 45.8 Å². The van der Waals surface area contributed by atoms with Gasteiger partial charge in [-0.15, -0.1) is 11.8 Å². The normalized spacial score (nSPS) is 11.1. The lowest BCUT2D eigenvalue weighted by molar-refractivity contribution is 0.763. The van der Waals surface area contributed by atoms with E-state index in [1.165, 1.54) is 0 Å². The zero-order valence-electron chi connectivity index (χ0n) is 13.5. The number of aryl methyl sites for hydroxylation is 1. The van der Waals surface area contributed by atoms with Crippen molar-refractivity contribution in [3.8, 4) is 5.69 Å². The standard InChI is InChI=1S/C18H15N5OS/c1-22-11-14(10-20-22)23-8-6-18(24)17(21-23)12-25-15-4-5-16-13(9-15)3-2-7-19-16/h2-11H,12H2,1H3. The van der Waals surface area contributed by atoms with Crippen LogP contribution in [0.5, 0.6) is 0 Å². The van der Waals surface area contributed by atoms with Gasteiger partial charge in [0, 0.05) is 41.5 Å². The van der Waals surface area contributed by atoms with E-state index in [4.69, 9.17) is 0 Å². The van der Waals surface area contributed by atoms with Crippen molar-refractivity contribution in [3.63, 3.8) is 0 Å². The van der Waals surface area contributed by atoms with Crippen LogP contribution in [-0.2, 0) is 12.8 Å². The molecule has 0 fully saturated rings. The lowest BCUT2D eigenvalue weighted by atomic mass is 10.2. The summed E-state index contributed by atoms with van der Waals surface area (Å²) in [6.07, 6.45) is 7.01. The van der Waals surface area contributed by atoms with E-state index in [9.17, 15) is 4.79 Å². The summed E-state index contributed by atoms with van der Waals surface area (Å²) in [5.41, 5.74) is 2.24. The molecule has 0 aliphatic rings. The zero-order chi connectivity index (χ0) is 17.2. The predicted octanol–water partition coefficient (Wildman–Crippen LogP) is 2.81. The van der Waals surface area contributed by atoms with Gasteiger partial charge in [-0.2, -0.15) is 10.2 Å². The Morgan fingerprint density at radius 2 is 2.12 bits per heavy atom. The Morgan fingerprint density at radius 1 is 1.20 bits per heavy atom. The molecule has 0 amide bonds. The van der Waals surface area contributed by atoms with Gasteiger partial charge >= 0.3 is 0 Å². The summed E-state index contributed by atoms with van der Waals surface area (Å²) in [5.74, 6) is 0.506. The summed E-state index contributed by atoms with van der Waals surface area (Å²) < 4.78 is 3.38. The molecule has 0 saturated carbocycles. The van der Waals surface area contributed by atoms with Crippen molar-refractivity contribution < 1.29 is 0 Å². The van der Waals surface area contributed by atoms with Gasteiger partial charge in [-0.1, -0.05) is 6.07 Å². The van der Waals surface area contributed by atoms with E-state index in [2.05, 4.69) is 21.2 Å². The molecule has 1 aromatic carbocycles. The van der Waals surface area contributed by atoms with Crippen molar-refractivity contribution in [1.29, 1.82) is 0 Å². The molecule has 0 saturated heterocycles. The average Bonchev–Trinajstić information content (AvgIpc) is 3.07. The highest BCUT2D eigenvalue weighted by Gasteiger charge is 2.07. The molecule has 0 unspecified atom stereocenters. The van der Waals surface area contributed by atoms with E-state index in [0.29, 0.717) is 11.4 Å². The number of nitrogens with zero attached hydrogens (tertiary/aromatic N) is 5. The van der Waals surface area contributed by atoms with Crippen molar-refractivity contribution in [2.75, 3.05) is 0 Å². The summed E-state index contributed by atoms with van der Waals surface area (Å²) >= 11 is 1.59. The summed E-state index contributed by atoms with van der Waals surface area (Å²) in [5, 5.41) is 9.67.